The van der Waals surface area contributed by atoms with Crippen LogP contribution in [0, 0.1) is 11.8 Å². The minimum absolute atomic E-state index is 0.0543. The van der Waals surface area contributed by atoms with Gasteiger partial charge in [-0.05, 0) is 53.0 Å². The first-order chi connectivity index (χ1) is 16.0. The highest BCUT2D eigenvalue weighted by atomic mass is 31.1. The largest absolute Gasteiger partial charge is 0.494 e. The molecule has 33 heavy (non-hydrogen) atoms. The number of hydrogen-bond acceptors (Lipinski definition) is 6. The summed E-state index contributed by atoms with van der Waals surface area (Å²) >= 11 is 0. The molecule has 8 nitrogen and oxygen atoms in total. The molecular formula is C24H28N5O3P. The maximum atomic E-state index is 12.0. The standard InChI is InChI=1S/C24H28N5O3P/c1-4-21(30)28-10-9-17(14-28)29-24-22(23(25)26-15-33-24)20(27-29)8-7-16-11-18(31-5-2)13-19(12-16)32-6-3/h4,11-13,17,33H,1,5-6,9-10,14-15H2,2-3H3,(H2,25,26). The zero-order valence-corrected chi connectivity index (χ0v) is 19.9. The molecule has 0 spiro atoms. The summed E-state index contributed by atoms with van der Waals surface area (Å²) in [5.41, 5.74) is 9.51. The third-order valence-electron chi connectivity index (χ3n) is 5.49. The lowest BCUT2D eigenvalue weighted by Gasteiger charge is -2.18. The van der Waals surface area contributed by atoms with Gasteiger partial charge in [0, 0.05) is 24.7 Å². The predicted molar refractivity (Wildman–Crippen MR) is 131 cm³/mol. The average molecular weight is 465 g/mol. The van der Waals surface area contributed by atoms with E-state index in [-0.39, 0.29) is 11.9 Å². The van der Waals surface area contributed by atoms with Crippen molar-refractivity contribution in [2.24, 2.45) is 10.7 Å². The number of rotatable bonds is 6. The quantitative estimate of drug-likeness (QED) is 0.400. The molecule has 1 aromatic heterocycles. The lowest BCUT2D eigenvalue weighted by molar-refractivity contribution is -0.125. The van der Waals surface area contributed by atoms with E-state index in [1.54, 1.807) is 4.90 Å². The highest BCUT2D eigenvalue weighted by Gasteiger charge is 2.31. The molecule has 2 aromatic rings. The Morgan fingerprint density at radius 3 is 2.67 bits per heavy atom. The lowest BCUT2D eigenvalue weighted by Crippen LogP contribution is -2.31. The molecule has 0 aliphatic carbocycles. The maximum Gasteiger partial charge on any atom is 0.246 e. The molecule has 3 heterocycles. The van der Waals surface area contributed by atoms with Gasteiger partial charge < -0.3 is 20.1 Å². The number of carbonyl (C=O) groups excluding carboxylic acids is 1. The van der Waals surface area contributed by atoms with Crippen LogP contribution in [0.1, 0.15) is 43.1 Å². The van der Waals surface area contributed by atoms with Crippen LogP contribution in [0.25, 0.3) is 0 Å². The molecular weight excluding hydrogens is 437 g/mol. The Hall–Kier alpha value is -3.30. The molecule has 2 aliphatic rings. The van der Waals surface area contributed by atoms with E-state index in [1.165, 1.54) is 6.08 Å². The topological polar surface area (TPSA) is 95.0 Å². The summed E-state index contributed by atoms with van der Waals surface area (Å²) in [5, 5.41) is 4.84. The van der Waals surface area contributed by atoms with Crippen LogP contribution in [0.3, 0.4) is 0 Å². The van der Waals surface area contributed by atoms with Crippen LogP contribution in [-0.4, -0.2) is 59.0 Å². The van der Waals surface area contributed by atoms with Gasteiger partial charge in [0.15, 0.2) is 0 Å². The van der Waals surface area contributed by atoms with E-state index in [0.29, 0.717) is 64.2 Å². The number of ether oxygens (including phenoxy) is 2. The van der Waals surface area contributed by atoms with E-state index < -0.39 is 0 Å². The lowest BCUT2D eigenvalue weighted by atomic mass is 10.1. The fourth-order valence-electron chi connectivity index (χ4n) is 4.02. The molecule has 1 aromatic carbocycles. The summed E-state index contributed by atoms with van der Waals surface area (Å²) in [7, 11) is 0.460. The van der Waals surface area contributed by atoms with Crippen molar-refractivity contribution >= 4 is 25.8 Å². The number of amides is 1. The van der Waals surface area contributed by atoms with Crippen LogP contribution in [0.4, 0.5) is 0 Å². The van der Waals surface area contributed by atoms with Crippen molar-refractivity contribution < 1.29 is 14.3 Å². The van der Waals surface area contributed by atoms with Crippen molar-refractivity contribution in [2.75, 3.05) is 32.6 Å². The molecule has 0 radical (unpaired) electrons. The summed E-state index contributed by atoms with van der Waals surface area (Å²) in [4.78, 5) is 18.3. The summed E-state index contributed by atoms with van der Waals surface area (Å²) in [6.45, 7) is 9.87. The molecule has 1 fully saturated rings. The predicted octanol–water partition coefficient (Wildman–Crippen LogP) is 2.02. The van der Waals surface area contributed by atoms with Gasteiger partial charge in [-0.1, -0.05) is 12.5 Å². The third-order valence-corrected chi connectivity index (χ3v) is 6.62. The monoisotopic (exact) mass is 465 g/mol. The van der Waals surface area contributed by atoms with Gasteiger partial charge in [-0.3, -0.25) is 14.5 Å². The average Bonchev–Trinajstić information content (AvgIpc) is 3.43. The number of likely N-dealkylation sites (tertiary alicyclic amines) is 1. The van der Waals surface area contributed by atoms with E-state index in [0.717, 1.165) is 23.0 Å². The second kappa shape index (κ2) is 10.1. The Labute approximate surface area is 195 Å². The fraction of sp³-hybridized carbons (Fsp3) is 0.375. The van der Waals surface area contributed by atoms with E-state index in [4.69, 9.17) is 20.3 Å². The van der Waals surface area contributed by atoms with Crippen molar-refractivity contribution in [3.8, 4) is 23.3 Å². The number of nitrogens with two attached hydrogens (primary N) is 1. The van der Waals surface area contributed by atoms with Crippen molar-refractivity contribution in [1.82, 2.24) is 14.7 Å². The number of benzene rings is 1. The molecule has 1 saturated heterocycles. The second-order valence-electron chi connectivity index (χ2n) is 7.64. The van der Waals surface area contributed by atoms with Crippen LogP contribution in [0.2, 0.25) is 0 Å². The summed E-state index contributed by atoms with van der Waals surface area (Å²) in [6, 6.07) is 5.72. The van der Waals surface area contributed by atoms with E-state index in [1.807, 2.05) is 36.7 Å². The Balaban J connectivity index is 1.69. The Kier molecular flexibility index (Phi) is 7.00. The van der Waals surface area contributed by atoms with Crippen molar-refractivity contribution in [3.63, 3.8) is 0 Å². The molecule has 4 rings (SSSR count). The number of aliphatic imine (C=N–C) groups is 1. The Morgan fingerprint density at radius 1 is 1.27 bits per heavy atom. The van der Waals surface area contributed by atoms with Gasteiger partial charge in [-0.25, -0.2) is 0 Å². The van der Waals surface area contributed by atoms with Gasteiger partial charge in [-0.2, -0.15) is 5.10 Å². The summed E-state index contributed by atoms with van der Waals surface area (Å²) in [6.07, 6.45) is 2.83. The smallest absolute Gasteiger partial charge is 0.246 e. The van der Waals surface area contributed by atoms with E-state index >= 15 is 0 Å². The van der Waals surface area contributed by atoms with Gasteiger partial charge in [0.2, 0.25) is 5.91 Å². The normalized spacial score (nSPS) is 17.7. The van der Waals surface area contributed by atoms with Crippen molar-refractivity contribution in [1.29, 1.82) is 0 Å². The van der Waals surface area contributed by atoms with Gasteiger partial charge in [0.25, 0.3) is 0 Å². The molecule has 2 aliphatic heterocycles. The first-order valence-corrected chi connectivity index (χ1v) is 12.3. The molecule has 9 heteroatoms. The zero-order chi connectivity index (χ0) is 23.4. The Morgan fingerprint density at radius 2 is 2.00 bits per heavy atom. The van der Waals surface area contributed by atoms with Crippen LogP contribution < -0.4 is 20.6 Å². The minimum atomic E-state index is -0.0543. The zero-order valence-electron chi connectivity index (χ0n) is 18.9. The summed E-state index contributed by atoms with van der Waals surface area (Å²) in [5.74, 6) is 8.23. The van der Waals surface area contributed by atoms with Crippen LogP contribution in [-0.2, 0) is 4.79 Å². The first kappa shape index (κ1) is 22.9. The van der Waals surface area contributed by atoms with Crippen LogP contribution >= 0.6 is 8.58 Å². The molecule has 2 unspecified atom stereocenters. The Bertz CT molecular complexity index is 1140. The number of fused-ring (bicyclic) bond motifs is 1. The number of amidine groups is 1. The molecule has 0 bridgehead atoms. The van der Waals surface area contributed by atoms with Crippen LogP contribution in [0.5, 0.6) is 11.5 Å². The molecule has 1 amide bonds. The molecule has 0 saturated carbocycles. The second-order valence-corrected chi connectivity index (χ2v) is 8.78. The number of aromatic nitrogens is 2. The van der Waals surface area contributed by atoms with Gasteiger partial charge >= 0.3 is 0 Å². The SMILES string of the molecule is C=CC(=O)N1CCC(n2nc(C#Cc3cc(OCC)cc(OCC)c3)c3c2PCN=C3N)C1. The molecule has 2 atom stereocenters. The first-order valence-electron chi connectivity index (χ1n) is 11.0. The van der Waals surface area contributed by atoms with Crippen LogP contribution in [0.15, 0.2) is 35.8 Å². The van der Waals surface area contributed by atoms with Gasteiger partial charge in [0.1, 0.15) is 23.0 Å². The van der Waals surface area contributed by atoms with Gasteiger partial charge in [0.05, 0.1) is 36.5 Å². The summed E-state index contributed by atoms with van der Waals surface area (Å²) < 4.78 is 13.3. The number of nitrogens with zero attached hydrogens (tertiary/aromatic N) is 4. The van der Waals surface area contributed by atoms with Crippen molar-refractivity contribution in [2.45, 2.75) is 26.3 Å². The number of hydrogen-bond donors (Lipinski definition) is 1. The number of carbonyl (C=O) groups is 1. The maximum absolute atomic E-state index is 12.0. The highest BCUT2D eigenvalue weighted by molar-refractivity contribution is 7.47. The molecule has 172 valence electrons. The van der Waals surface area contributed by atoms with E-state index in [2.05, 4.69) is 23.4 Å². The minimum Gasteiger partial charge on any atom is -0.494 e. The highest BCUT2D eigenvalue weighted by Crippen LogP contribution is 2.28. The third kappa shape index (κ3) is 4.89. The van der Waals surface area contributed by atoms with E-state index in [9.17, 15) is 4.79 Å². The van der Waals surface area contributed by atoms with Gasteiger partial charge in [-0.15, -0.1) is 0 Å². The molecule has 2 N–H and O–H groups in total. The van der Waals surface area contributed by atoms with Crippen molar-refractivity contribution in [3.05, 3.63) is 47.7 Å². The fourth-order valence-corrected chi connectivity index (χ4v) is 5.24.